The van der Waals surface area contributed by atoms with Crippen LogP contribution < -0.4 is 14.8 Å². The van der Waals surface area contributed by atoms with E-state index in [1.165, 1.54) is 5.56 Å². The number of nitrogens with zero attached hydrogens (tertiary/aromatic N) is 3. The molecule has 0 radical (unpaired) electrons. The van der Waals surface area contributed by atoms with Gasteiger partial charge in [0.25, 0.3) is 5.91 Å². The fraction of sp³-hybridized carbons (Fsp3) is 0.476. The minimum Gasteiger partial charge on any atom is -0.493 e. The van der Waals surface area contributed by atoms with Crippen molar-refractivity contribution in [2.75, 3.05) is 32.6 Å². The van der Waals surface area contributed by atoms with Crippen LogP contribution in [0.2, 0.25) is 0 Å². The number of amides is 1. The molecule has 1 aromatic carbocycles. The number of aromatic nitrogens is 2. The first-order chi connectivity index (χ1) is 13.4. The van der Waals surface area contributed by atoms with Gasteiger partial charge in [-0.25, -0.2) is 9.97 Å². The lowest BCUT2D eigenvalue weighted by molar-refractivity contribution is 0.0728. The van der Waals surface area contributed by atoms with E-state index < -0.39 is 0 Å². The molecule has 0 saturated carbocycles. The molecule has 150 valence electrons. The lowest BCUT2D eigenvalue weighted by atomic mass is 9.98. The van der Waals surface area contributed by atoms with E-state index in [-0.39, 0.29) is 5.91 Å². The highest BCUT2D eigenvalue weighted by Crippen LogP contribution is 2.33. The zero-order valence-corrected chi connectivity index (χ0v) is 17.2. The minimum absolute atomic E-state index is 0.0847. The largest absolute Gasteiger partial charge is 0.493 e. The molecule has 0 atom stereocenters. The molecule has 1 aromatic heterocycles. The minimum atomic E-state index is -0.0847. The molecule has 3 rings (SSSR count). The Labute approximate surface area is 166 Å². The van der Waals surface area contributed by atoms with Gasteiger partial charge in [-0.1, -0.05) is 13.8 Å². The van der Waals surface area contributed by atoms with Crippen LogP contribution in [0.4, 0.5) is 5.95 Å². The first kappa shape index (κ1) is 19.9. The van der Waals surface area contributed by atoms with E-state index in [0.717, 1.165) is 24.2 Å². The Bertz CT molecular complexity index is 867. The van der Waals surface area contributed by atoms with Crippen LogP contribution in [0, 0.1) is 12.8 Å². The number of carbonyl (C=O) groups excluding carboxylic acids is 1. The van der Waals surface area contributed by atoms with Crippen LogP contribution in [0.3, 0.4) is 0 Å². The van der Waals surface area contributed by atoms with E-state index in [0.29, 0.717) is 42.1 Å². The zero-order chi connectivity index (χ0) is 20.3. The lowest BCUT2D eigenvalue weighted by Crippen LogP contribution is -2.36. The molecule has 0 fully saturated rings. The van der Waals surface area contributed by atoms with Crippen molar-refractivity contribution in [3.8, 4) is 11.5 Å². The summed E-state index contributed by atoms with van der Waals surface area (Å²) in [5, 5.41) is 3.20. The summed E-state index contributed by atoms with van der Waals surface area (Å²) in [6.45, 7) is 8.02. The molecule has 0 unspecified atom stereocenters. The Morgan fingerprint density at radius 3 is 2.46 bits per heavy atom. The Kier molecular flexibility index (Phi) is 6.02. The van der Waals surface area contributed by atoms with Gasteiger partial charge >= 0.3 is 0 Å². The van der Waals surface area contributed by atoms with Crippen LogP contribution in [-0.4, -0.2) is 48.1 Å². The fourth-order valence-electron chi connectivity index (χ4n) is 3.27. The summed E-state index contributed by atoms with van der Waals surface area (Å²) in [4.78, 5) is 23.7. The summed E-state index contributed by atoms with van der Waals surface area (Å²) < 4.78 is 10.8. The number of hydrogen-bond donors (Lipinski definition) is 1. The molecule has 1 amide bonds. The van der Waals surface area contributed by atoms with Crippen molar-refractivity contribution < 1.29 is 14.3 Å². The third-order valence-corrected chi connectivity index (χ3v) is 4.75. The van der Waals surface area contributed by atoms with Gasteiger partial charge in [-0.15, -0.1) is 0 Å². The molecule has 1 aliphatic heterocycles. The van der Waals surface area contributed by atoms with E-state index in [9.17, 15) is 4.79 Å². The first-order valence-electron chi connectivity index (χ1n) is 9.54. The van der Waals surface area contributed by atoms with Crippen LogP contribution in [-0.2, 0) is 13.0 Å². The van der Waals surface area contributed by atoms with Gasteiger partial charge in [-0.05, 0) is 48.6 Å². The van der Waals surface area contributed by atoms with Crippen LogP contribution in [0.25, 0.3) is 0 Å². The molecule has 0 aliphatic carbocycles. The second kappa shape index (κ2) is 8.46. The van der Waals surface area contributed by atoms with Crippen molar-refractivity contribution in [2.45, 2.75) is 33.7 Å². The molecule has 0 spiro atoms. The van der Waals surface area contributed by atoms with Crippen LogP contribution in [0.15, 0.2) is 18.2 Å². The Balaban J connectivity index is 1.81. The highest BCUT2D eigenvalue weighted by molar-refractivity contribution is 5.92. The van der Waals surface area contributed by atoms with E-state index in [4.69, 9.17) is 9.47 Å². The number of rotatable bonds is 6. The first-order valence-corrected chi connectivity index (χ1v) is 9.54. The summed E-state index contributed by atoms with van der Waals surface area (Å²) in [6, 6.07) is 5.69. The third kappa shape index (κ3) is 4.35. The second-order valence-electron chi connectivity index (χ2n) is 7.45. The molecule has 0 bridgehead atoms. The number of aryl methyl sites for hydroxylation is 1. The van der Waals surface area contributed by atoms with Crippen LogP contribution >= 0.6 is 0 Å². The summed E-state index contributed by atoms with van der Waals surface area (Å²) in [6.07, 6.45) is 0.768. The monoisotopic (exact) mass is 384 g/mol. The Morgan fingerprint density at radius 2 is 1.82 bits per heavy atom. The molecule has 7 heteroatoms. The number of benzene rings is 1. The van der Waals surface area contributed by atoms with E-state index in [2.05, 4.69) is 29.1 Å². The molecule has 28 heavy (non-hydrogen) atoms. The number of ether oxygens (including phenoxy) is 2. The van der Waals surface area contributed by atoms with E-state index in [1.54, 1.807) is 20.3 Å². The highest BCUT2D eigenvalue weighted by atomic mass is 16.5. The molecule has 7 nitrogen and oxygen atoms in total. The van der Waals surface area contributed by atoms with Gasteiger partial charge < -0.3 is 19.7 Å². The van der Waals surface area contributed by atoms with Crippen LogP contribution in [0.5, 0.6) is 11.5 Å². The van der Waals surface area contributed by atoms with Crippen molar-refractivity contribution in [3.63, 3.8) is 0 Å². The quantitative estimate of drug-likeness (QED) is 0.825. The summed E-state index contributed by atoms with van der Waals surface area (Å²) in [5.41, 5.74) is 3.44. The topological polar surface area (TPSA) is 76.6 Å². The molecule has 2 aromatic rings. The predicted molar refractivity (Wildman–Crippen MR) is 108 cm³/mol. The van der Waals surface area contributed by atoms with Gasteiger partial charge in [-0.2, -0.15) is 0 Å². The fourth-order valence-corrected chi connectivity index (χ4v) is 3.27. The summed E-state index contributed by atoms with van der Waals surface area (Å²) in [7, 11) is 3.25. The number of nitrogens with one attached hydrogen (secondary N) is 1. The smallest absolute Gasteiger partial charge is 0.272 e. The summed E-state index contributed by atoms with van der Waals surface area (Å²) in [5.74, 6) is 2.27. The van der Waals surface area contributed by atoms with Crippen molar-refractivity contribution in [1.29, 1.82) is 0 Å². The van der Waals surface area contributed by atoms with Crippen molar-refractivity contribution in [2.24, 2.45) is 5.92 Å². The molecule has 0 saturated heterocycles. The SMILES string of the molecule is COc1cc2c(cc1OC)CN(C(=O)c1cc(C)nc(NCC(C)C)n1)CC2. The number of carbonyl (C=O) groups is 1. The maximum atomic E-state index is 13.1. The highest BCUT2D eigenvalue weighted by Gasteiger charge is 2.25. The number of methoxy groups -OCH3 is 2. The molecular formula is C21H28N4O3. The molecule has 2 heterocycles. The number of hydrogen-bond acceptors (Lipinski definition) is 6. The standard InChI is InChI=1S/C21H28N4O3/c1-13(2)11-22-21-23-14(3)8-17(24-21)20(26)25-7-6-15-9-18(27-4)19(28-5)10-16(15)12-25/h8-10,13H,6-7,11-12H2,1-5H3,(H,22,23,24). The molecular weight excluding hydrogens is 356 g/mol. The maximum Gasteiger partial charge on any atom is 0.272 e. The van der Waals surface area contributed by atoms with E-state index in [1.807, 2.05) is 24.0 Å². The van der Waals surface area contributed by atoms with Gasteiger partial charge in [0.15, 0.2) is 11.5 Å². The Morgan fingerprint density at radius 1 is 1.14 bits per heavy atom. The van der Waals surface area contributed by atoms with Crippen LogP contribution in [0.1, 0.15) is 41.2 Å². The predicted octanol–water partition coefficient (Wildman–Crippen LogP) is 3.07. The van der Waals surface area contributed by atoms with Crippen molar-refractivity contribution >= 4 is 11.9 Å². The average Bonchev–Trinajstić information content (AvgIpc) is 2.69. The zero-order valence-electron chi connectivity index (χ0n) is 17.2. The van der Waals surface area contributed by atoms with Gasteiger partial charge in [0.2, 0.25) is 5.95 Å². The van der Waals surface area contributed by atoms with Crippen molar-refractivity contribution in [1.82, 2.24) is 14.9 Å². The van der Waals surface area contributed by atoms with Gasteiger partial charge in [-0.3, -0.25) is 4.79 Å². The number of anilines is 1. The second-order valence-corrected chi connectivity index (χ2v) is 7.45. The average molecular weight is 384 g/mol. The maximum absolute atomic E-state index is 13.1. The normalized spacial score (nSPS) is 13.3. The number of fused-ring (bicyclic) bond motifs is 1. The molecule has 1 aliphatic rings. The van der Waals surface area contributed by atoms with E-state index >= 15 is 0 Å². The van der Waals surface area contributed by atoms with Gasteiger partial charge in [0.05, 0.1) is 14.2 Å². The van der Waals surface area contributed by atoms with Gasteiger partial charge in [0.1, 0.15) is 5.69 Å². The van der Waals surface area contributed by atoms with Gasteiger partial charge in [0, 0.05) is 25.3 Å². The molecule has 1 N–H and O–H groups in total. The summed E-state index contributed by atoms with van der Waals surface area (Å²) >= 11 is 0. The lowest BCUT2D eigenvalue weighted by Gasteiger charge is -2.29. The third-order valence-electron chi connectivity index (χ3n) is 4.75. The Hall–Kier alpha value is -2.83. The van der Waals surface area contributed by atoms with Crippen molar-refractivity contribution in [3.05, 3.63) is 40.7 Å².